The van der Waals surface area contributed by atoms with Crippen molar-refractivity contribution in [1.82, 2.24) is 9.99 Å². The van der Waals surface area contributed by atoms with Gasteiger partial charge in [0.05, 0.1) is 13.2 Å². The van der Waals surface area contributed by atoms with Gasteiger partial charge in [0.1, 0.15) is 16.9 Å². The molecular formula is C27H32N2O6PS+. The molecule has 0 saturated carbocycles. The number of hydrogen-bond donors (Lipinski definition) is 1. The van der Waals surface area contributed by atoms with Crippen LogP contribution in [-0.2, 0) is 28.2 Å². The van der Waals surface area contributed by atoms with Gasteiger partial charge in [-0.1, -0.05) is 60.7 Å². The summed E-state index contributed by atoms with van der Waals surface area (Å²) in [6, 6.07) is 18.4. The third-order valence-corrected chi connectivity index (χ3v) is 8.94. The minimum absolute atomic E-state index is 0.0807. The van der Waals surface area contributed by atoms with Crippen LogP contribution in [-0.4, -0.2) is 52.9 Å². The molecule has 196 valence electrons. The number of hydrogen-bond acceptors (Lipinski definition) is 8. The van der Waals surface area contributed by atoms with E-state index in [1.54, 1.807) is 0 Å². The lowest BCUT2D eigenvalue weighted by molar-refractivity contribution is -0.153. The molecule has 1 amide bonds. The second kappa shape index (κ2) is 12.8. The van der Waals surface area contributed by atoms with Gasteiger partial charge in [0, 0.05) is 12.2 Å². The van der Waals surface area contributed by atoms with Crippen LogP contribution in [0, 0.1) is 0 Å². The maximum absolute atomic E-state index is 13.8. The molecule has 0 spiro atoms. The van der Waals surface area contributed by atoms with Gasteiger partial charge in [-0.15, -0.1) is 16.8 Å². The Balaban J connectivity index is 1.62. The van der Waals surface area contributed by atoms with Crippen molar-refractivity contribution in [3.63, 3.8) is 0 Å². The van der Waals surface area contributed by atoms with Crippen molar-refractivity contribution in [3.8, 4) is 0 Å². The molecular weight excluding hydrogens is 511 g/mol. The zero-order valence-corrected chi connectivity index (χ0v) is 23.0. The molecule has 1 N–H and O–H groups in total. The summed E-state index contributed by atoms with van der Waals surface area (Å²) >= 11 is 1.52. The summed E-state index contributed by atoms with van der Waals surface area (Å²) in [4.78, 5) is 40.6. The molecule has 2 heterocycles. The first kappa shape index (κ1) is 27.5. The Morgan fingerprint density at radius 3 is 2.11 bits per heavy atom. The molecule has 1 saturated heterocycles. The maximum atomic E-state index is 13.8. The summed E-state index contributed by atoms with van der Waals surface area (Å²) in [6.07, 6.45) is -0.578. The van der Waals surface area contributed by atoms with E-state index in [1.165, 1.54) is 23.6 Å². The number of amides is 1. The molecule has 2 atom stereocenters. The lowest BCUT2D eigenvalue weighted by Gasteiger charge is -2.49. The highest BCUT2D eigenvalue weighted by Gasteiger charge is 2.56. The van der Waals surface area contributed by atoms with Crippen LogP contribution in [0.5, 0.6) is 0 Å². The highest BCUT2D eigenvalue weighted by atomic mass is 32.2. The van der Waals surface area contributed by atoms with E-state index < -0.39 is 26.6 Å². The van der Waals surface area contributed by atoms with Gasteiger partial charge in [-0.3, -0.25) is 14.5 Å². The van der Waals surface area contributed by atoms with Crippen molar-refractivity contribution in [2.45, 2.75) is 44.7 Å². The Morgan fingerprint density at radius 2 is 1.59 bits per heavy atom. The number of nitrogens with zero attached hydrogens (tertiary/aromatic N) is 1. The molecule has 2 aliphatic heterocycles. The van der Waals surface area contributed by atoms with E-state index in [0.717, 1.165) is 11.1 Å². The number of thioether (sulfide) groups is 1. The van der Waals surface area contributed by atoms with Crippen molar-refractivity contribution >= 4 is 37.9 Å². The van der Waals surface area contributed by atoms with Gasteiger partial charge in [-0.2, -0.15) is 9.05 Å². The summed E-state index contributed by atoms with van der Waals surface area (Å²) < 4.78 is 17.4. The molecule has 2 aliphatic rings. The summed E-state index contributed by atoms with van der Waals surface area (Å²) in [5.74, 6) is -0.513. The fraction of sp³-hybridized carbons (Fsp3) is 0.370. The lowest BCUT2D eigenvalue weighted by Crippen LogP contribution is -2.69. The number of fused-ring (bicyclic) bond motifs is 1. The number of carbonyl (C=O) groups excluding carboxylic acids is 3. The Bertz CT molecular complexity index is 1100. The zero-order chi connectivity index (χ0) is 26.4. The van der Waals surface area contributed by atoms with Crippen molar-refractivity contribution < 1.29 is 28.2 Å². The highest BCUT2D eigenvalue weighted by Crippen LogP contribution is 2.45. The molecule has 2 aromatic rings. The van der Waals surface area contributed by atoms with Crippen molar-refractivity contribution in [2.75, 3.05) is 19.0 Å². The first-order chi connectivity index (χ1) is 17.9. The van der Waals surface area contributed by atoms with Crippen LogP contribution in [0.3, 0.4) is 0 Å². The maximum Gasteiger partial charge on any atom is 0.356 e. The number of carbonyl (C=O) groups is 3. The number of β-lactam (4-membered cyclic amide) rings is 1. The Labute approximate surface area is 222 Å². The average molecular weight is 544 g/mol. The average Bonchev–Trinajstić information content (AvgIpc) is 2.90. The molecule has 2 unspecified atom stereocenters. The molecule has 10 heteroatoms. The van der Waals surface area contributed by atoms with Crippen LogP contribution in [0.1, 0.15) is 44.4 Å². The quantitative estimate of drug-likeness (QED) is 0.238. The van der Waals surface area contributed by atoms with Gasteiger partial charge in [0.2, 0.25) is 0 Å². The van der Waals surface area contributed by atoms with E-state index in [2.05, 4.69) is 5.09 Å². The Kier molecular flexibility index (Phi) is 9.51. The van der Waals surface area contributed by atoms with Crippen LogP contribution >= 0.6 is 20.3 Å². The fourth-order valence-corrected chi connectivity index (χ4v) is 7.15. The first-order valence-electron chi connectivity index (χ1n) is 12.3. The number of Topliss-reactive ketones (excluding diaryl/α,β-unsaturated/α-hetero) is 1. The molecule has 37 heavy (non-hydrogen) atoms. The number of esters is 1. The number of nitrogens with one attached hydrogen (secondary N) is 1. The predicted octanol–water partition coefficient (Wildman–Crippen LogP) is 4.46. The third-order valence-electron chi connectivity index (χ3n) is 5.96. The van der Waals surface area contributed by atoms with Crippen molar-refractivity contribution in [3.05, 3.63) is 83.1 Å². The van der Waals surface area contributed by atoms with E-state index in [0.29, 0.717) is 24.5 Å². The molecule has 0 radical (unpaired) electrons. The number of benzene rings is 2. The lowest BCUT2D eigenvalue weighted by atomic mass is 10.00. The van der Waals surface area contributed by atoms with Crippen molar-refractivity contribution in [1.29, 1.82) is 0 Å². The normalized spacial score (nSPS) is 19.2. The topological polar surface area (TPSA) is 94.2 Å². The number of ether oxygens (including phenoxy) is 1. The summed E-state index contributed by atoms with van der Waals surface area (Å²) in [5.41, 5.74) is 2.39. The van der Waals surface area contributed by atoms with Crippen molar-refractivity contribution in [2.24, 2.45) is 0 Å². The van der Waals surface area contributed by atoms with E-state index in [-0.39, 0.29) is 29.2 Å². The highest BCUT2D eigenvalue weighted by molar-refractivity contribution is 8.00. The van der Waals surface area contributed by atoms with Gasteiger partial charge in [0.15, 0.2) is 12.1 Å². The van der Waals surface area contributed by atoms with E-state index in [1.807, 2.05) is 74.5 Å². The van der Waals surface area contributed by atoms with Gasteiger partial charge in [0.25, 0.3) is 5.91 Å². The minimum Gasteiger partial charge on any atom is -0.448 e. The monoisotopic (exact) mass is 543 g/mol. The van der Waals surface area contributed by atoms with Crippen LogP contribution in [0.2, 0.25) is 0 Å². The summed E-state index contributed by atoms with van der Waals surface area (Å²) in [5, 5.41) is 2.89. The fourth-order valence-electron chi connectivity index (χ4n) is 4.37. The van der Waals surface area contributed by atoms with Crippen LogP contribution in [0.15, 0.2) is 71.9 Å². The largest absolute Gasteiger partial charge is 0.448 e. The van der Waals surface area contributed by atoms with Crippen LogP contribution in [0.4, 0.5) is 0 Å². The van der Waals surface area contributed by atoms with Gasteiger partial charge >= 0.3 is 14.5 Å². The Hall–Kier alpha value is -2.55. The summed E-state index contributed by atoms with van der Waals surface area (Å²) in [7, 11) is -1.85. The molecule has 0 bridgehead atoms. The van der Waals surface area contributed by atoms with Crippen LogP contribution < -0.4 is 5.09 Å². The van der Waals surface area contributed by atoms with Gasteiger partial charge < -0.3 is 4.74 Å². The molecule has 1 fully saturated rings. The first-order valence-corrected chi connectivity index (χ1v) is 14.7. The standard InChI is InChI=1S/C27H31N2O6PS/c1-4-33-36(34-5-2)28-22-25(31)29-23(21(16-18(3)30)17-37-26(22)29)27(32)35-24(19-12-8-6-9-13-19)20-14-10-7-11-15-20/h6-15,22,24,26,28H,4-5,16-17H2,1-3H3/p+1. The number of rotatable bonds is 12. The molecule has 2 aromatic carbocycles. The van der Waals surface area contributed by atoms with Gasteiger partial charge in [-0.05, 0) is 37.5 Å². The molecule has 4 rings (SSSR count). The second-order valence-electron chi connectivity index (χ2n) is 8.62. The molecule has 8 nitrogen and oxygen atoms in total. The van der Waals surface area contributed by atoms with Gasteiger partial charge in [-0.25, -0.2) is 4.79 Å². The van der Waals surface area contributed by atoms with E-state index in [9.17, 15) is 14.4 Å². The number of ketones is 1. The molecule has 0 aliphatic carbocycles. The Morgan fingerprint density at radius 1 is 1.03 bits per heavy atom. The summed E-state index contributed by atoms with van der Waals surface area (Å²) in [6.45, 7) is 6.14. The SMILES string of the molecule is CCO[PH+](NC1C(=O)N2C(C(=O)OC(c3ccccc3)c3ccccc3)=C(CC(C)=O)CSC12)OCC. The smallest absolute Gasteiger partial charge is 0.356 e. The third kappa shape index (κ3) is 6.30. The van der Waals surface area contributed by atoms with Crippen LogP contribution in [0.25, 0.3) is 0 Å². The second-order valence-corrected chi connectivity index (χ2v) is 11.2. The predicted molar refractivity (Wildman–Crippen MR) is 145 cm³/mol. The minimum atomic E-state index is -1.85. The van der Waals surface area contributed by atoms with E-state index >= 15 is 0 Å². The molecule has 0 aromatic heterocycles. The zero-order valence-electron chi connectivity index (χ0n) is 21.1. The van der Waals surface area contributed by atoms with E-state index in [4.69, 9.17) is 13.8 Å².